The van der Waals surface area contributed by atoms with Crippen LogP contribution in [0.4, 0.5) is 0 Å². The number of hydrogen-bond donors (Lipinski definition) is 2. The third kappa shape index (κ3) is 5.01. The second kappa shape index (κ2) is 8.76. The number of likely N-dealkylation sites (tertiary alicyclic amines) is 1. The number of carboxylic acids is 1. The van der Waals surface area contributed by atoms with Crippen molar-refractivity contribution >= 4 is 5.97 Å². The first-order chi connectivity index (χ1) is 14.1. The van der Waals surface area contributed by atoms with Gasteiger partial charge in [-0.3, -0.25) is 4.79 Å². The molecule has 2 aromatic carbocycles. The monoisotopic (exact) mass is 413 g/mol. The van der Waals surface area contributed by atoms with Crippen molar-refractivity contribution in [2.75, 3.05) is 0 Å². The van der Waals surface area contributed by atoms with E-state index in [2.05, 4.69) is 0 Å². The standard InChI is InChI=1S/C24H31NO5/c1-23(2,3)30-22(28)25-20(14-15-24(25,4)21(26)27)18-10-12-19(13-11-18)29-16-17-8-6-5-7-9-17/h5-13,20,22,28H,14-16H2,1-4H3,(H,26,27)/t20-,22?,24+/m1/s1. The Morgan fingerprint density at radius 3 is 2.37 bits per heavy atom. The lowest BCUT2D eigenvalue weighted by molar-refractivity contribution is -0.263. The minimum absolute atomic E-state index is 0.272. The first-order valence-electron chi connectivity index (χ1n) is 10.2. The first-order valence-corrected chi connectivity index (χ1v) is 10.2. The fraction of sp³-hybridized carbons (Fsp3) is 0.458. The highest BCUT2D eigenvalue weighted by molar-refractivity contribution is 5.78. The molecule has 0 amide bonds. The molecular formula is C24H31NO5. The molecule has 1 aliphatic heterocycles. The molecule has 0 aliphatic carbocycles. The predicted octanol–water partition coefficient (Wildman–Crippen LogP) is 4.34. The second-order valence-corrected chi connectivity index (χ2v) is 8.94. The van der Waals surface area contributed by atoms with Gasteiger partial charge in [-0.1, -0.05) is 42.5 Å². The Morgan fingerprint density at radius 1 is 1.17 bits per heavy atom. The van der Waals surface area contributed by atoms with E-state index in [9.17, 15) is 15.0 Å². The lowest BCUT2D eigenvalue weighted by Crippen LogP contribution is -2.55. The summed E-state index contributed by atoms with van der Waals surface area (Å²) in [6.45, 7) is 7.61. The van der Waals surface area contributed by atoms with Crippen LogP contribution in [-0.2, 0) is 16.1 Å². The van der Waals surface area contributed by atoms with Crippen molar-refractivity contribution in [2.45, 2.75) is 70.7 Å². The molecule has 30 heavy (non-hydrogen) atoms. The van der Waals surface area contributed by atoms with E-state index in [-0.39, 0.29) is 6.04 Å². The number of hydrogen-bond acceptors (Lipinski definition) is 5. The Kier molecular flexibility index (Phi) is 6.50. The van der Waals surface area contributed by atoms with E-state index < -0.39 is 23.5 Å². The normalized spacial score (nSPS) is 23.3. The molecule has 0 saturated carbocycles. The van der Waals surface area contributed by atoms with Crippen molar-refractivity contribution in [1.82, 2.24) is 4.90 Å². The quantitative estimate of drug-likeness (QED) is 0.658. The molecule has 1 unspecified atom stereocenters. The molecule has 0 bridgehead atoms. The highest BCUT2D eigenvalue weighted by Gasteiger charge is 2.52. The molecule has 1 aliphatic rings. The molecule has 0 spiro atoms. The van der Waals surface area contributed by atoms with Crippen LogP contribution in [0.1, 0.15) is 57.7 Å². The van der Waals surface area contributed by atoms with Crippen molar-refractivity contribution < 1.29 is 24.5 Å². The Balaban J connectivity index is 1.77. The molecule has 162 valence electrons. The number of rotatable bonds is 7. The van der Waals surface area contributed by atoms with Gasteiger partial charge in [-0.25, -0.2) is 4.90 Å². The van der Waals surface area contributed by atoms with Crippen LogP contribution in [0.25, 0.3) is 0 Å². The average molecular weight is 414 g/mol. The molecule has 2 N–H and O–H groups in total. The largest absolute Gasteiger partial charge is 0.489 e. The topological polar surface area (TPSA) is 79.2 Å². The summed E-state index contributed by atoms with van der Waals surface area (Å²) in [6, 6.07) is 17.3. The van der Waals surface area contributed by atoms with Gasteiger partial charge in [0.1, 0.15) is 17.9 Å². The molecule has 0 radical (unpaired) electrons. The molecular weight excluding hydrogens is 382 g/mol. The van der Waals surface area contributed by atoms with Crippen LogP contribution in [0.5, 0.6) is 5.75 Å². The van der Waals surface area contributed by atoms with Gasteiger partial charge in [0.25, 0.3) is 0 Å². The van der Waals surface area contributed by atoms with E-state index in [1.54, 1.807) is 11.8 Å². The van der Waals surface area contributed by atoms with Gasteiger partial charge >= 0.3 is 5.97 Å². The summed E-state index contributed by atoms with van der Waals surface area (Å²) in [5, 5.41) is 20.6. The minimum Gasteiger partial charge on any atom is -0.489 e. The number of aliphatic hydroxyl groups excluding tert-OH is 1. The first kappa shape index (κ1) is 22.3. The fourth-order valence-electron chi connectivity index (χ4n) is 3.87. The summed E-state index contributed by atoms with van der Waals surface area (Å²) in [5.41, 5.74) is 0.186. The number of benzene rings is 2. The molecule has 3 rings (SSSR count). The Hall–Kier alpha value is -2.41. The zero-order chi connectivity index (χ0) is 21.9. The van der Waals surface area contributed by atoms with Gasteiger partial charge in [-0.15, -0.1) is 0 Å². The van der Waals surface area contributed by atoms with Crippen molar-refractivity contribution in [2.24, 2.45) is 0 Å². The van der Waals surface area contributed by atoms with Crippen LogP contribution in [0.15, 0.2) is 54.6 Å². The third-order valence-electron chi connectivity index (χ3n) is 5.48. The van der Waals surface area contributed by atoms with Crippen LogP contribution < -0.4 is 4.74 Å². The summed E-state index contributed by atoms with van der Waals surface area (Å²) in [6.07, 6.45) is -0.297. The van der Waals surface area contributed by atoms with Gasteiger partial charge in [0.15, 0.2) is 0 Å². The van der Waals surface area contributed by atoms with Gasteiger partial charge in [0, 0.05) is 6.04 Å². The van der Waals surface area contributed by atoms with Crippen LogP contribution in [0, 0.1) is 0 Å². The molecule has 6 nitrogen and oxygen atoms in total. The third-order valence-corrected chi connectivity index (χ3v) is 5.48. The van der Waals surface area contributed by atoms with Crippen molar-refractivity contribution in [1.29, 1.82) is 0 Å². The zero-order valence-electron chi connectivity index (χ0n) is 18.0. The predicted molar refractivity (Wildman–Crippen MR) is 114 cm³/mol. The average Bonchev–Trinajstić information content (AvgIpc) is 3.05. The van der Waals surface area contributed by atoms with E-state index >= 15 is 0 Å². The van der Waals surface area contributed by atoms with Crippen LogP contribution in [-0.4, -0.2) is 38.6 Å². The van der Waals surface area contributed by atoms with E-state index in [1.807, 2.05) is 75.4 Å². The molecule has 1 fully saturated rings. The smallest absolute Gasteiger partial charge is 0.324 e. The van der Waals surface area contributed by atoms with Gasteiger partial charge in [-0.2, -0.15) is 0 Å². The highest BCUT2D eigenvalue weighted by atomic mass is 16.6. The highest BCUT2D eigenvalue weighted by Crippen LogP contribution is 2.44. The van der Waals surface area contributed by atoms with Crippen LogP contribution in [0.3, 0.4) is 0 Å². The molecule has 6 heteroatoms. The number of ether oxygens (including phenoxy) is 2. The second-order valence-electron chi connectivity index (χ2n) is 8.94. The maximum atomic E-state index is 12.0. The maximum absolute atomic E-state index is 12.0. The fourth-order valence-corrected chi connectivity index (χ4v) is 3.87. The number of carbonyl (C=O) groups is 1. The lowest BCUT2D eigenvalue weighted by Gasteiger charge is -2.40. The number of nitrogens with zero attached hydrogens (tertiary/aromatic N) is 1. The molecule has 1 heterocycles. The van der Waals surface area contributed by atoms with Gasteiger partial charge in [0.2, 0.25) is 6.41 Å². The number of carboxylic acid groups (broad SMARTS) is 1. The summed E-state index contributed by atoms with van der Waals surface area (Å²) >= 11 is 0. The van der Waals surface area contributed by atoms with E-state index in [0.29, 0.717) is 19.4 Å². The van der Waals surface area contributed by atoms with Gasteiger partial charge < -0.3 is 19.7 Å². The van der Waals surface area contributed by atoms with Gasteiger partial charge in [-0.05, 0) is 63.8 Å². The Labute approximate surface area is 178 Å². The molecule has 1 saturated heterocycles. The lowest BCUT2D eigenvalue weighted by atomic mass is 9.99. The SMILES string of the molecule is CC(C)(C)OC(O)N1[C@@H](c2ccc(OCc3ccccc3)cc2)CC[C@@]1(C)C(=O)O. The van der Waals surface area contributed by atoms with E-state index in [4.69, 9.17) is 9.47 Å². The molecule has 0 aromatic heterocycles. The minimum atomic E-state index is -1.33. The van der Waals surface area contributed by atoms with Crippen molar-refractivity contribution in [3.05, 3.63) is 65.7 Å². The number of aliphatic carboxylic acids is 1. The Bertz CT molecular complexity index is 846. The summed E-state index contributed by atoms with van der Waals surface area (Å²) in [7, 11) is 0. The number of aliphatic hydroxyl groups is 1. The summed E-state index contributed by atoms with van der Waals surface area (Å²) in [5.74, 6) is -0.232. The summed E-state index contributed by atoms with van der Waals surface area (Å²) in [4.78, 5) is 13.6. The summed E-state index contributed by atoms with van der Waals surface area (Å²) < 4.78 is 11.6. The van der Waals surface area contributed by atoms with Crippen molar-refractivity contribution in [3.8, 4) is 5.75 Å². The van der Waals surface area contributed by atoms with Crippen LogP contribution in [0.2, 0.25) is 0 Å². The Morgan fingerprint density at radius 2 is 1.80 bits per heavy atom. The van der Waals surface area contributed by atoms with Crippen molar-refractivity contribution in [3.63, 3.8) is 0 Å². The molecule has 3 atom stereocenters. The van der Waals surface area contributed by atoms with E-state index in [0.717, 1.165) is 16.9 Å². The van der Waals surface area contributed by atoms with Crippen LogP contribution >= 0.6 is 0 Å². The molecule has 2 aromatic rings. The van der Waals surface area contributed by atoms with Gasteiger partial charge in [0.05, 0.1) is 5.60 Å². The zero-order valence-corrected chi connectivity index (χ0v) is 18.0. The maximum Gasteiger partial charge on any atom is 0.324 e. The van der Waals surface area contributed by atoms with E-state index in [1.165, 1.54) is 0 Å².